The molecule has 0 bridgehead atoms. The van der Waals surface area contributed by atoms with Gasteiger partial charge >= 0.3 is 0 Å². The molecular formula is C13H15N3O2S. The van der Waals surface area contributed by atoms with E-state index in [9.17, 15) is 9.59 Å². The van der Waals surface area contributed by atoms with Crippen LogP contribution in [-0.4, -0.2) is 26.1 Å². The average Bonchev–Trinajstić information content (AvgIpc) is 2.64. The van der Waals surface area contributed by atoms with Crippen LogP contribution >= 0.6 is 11.8 Å². The smallest absolute Gasteiger partial charge is 0.251 e. The molecule has 6 heteroatoms. The van der Waals surface area contributed by atoms with Crippen molar-refractivity contribution in [2.75, 3.05) is 5.75 Å². The number of Topliss-reactive ketones (excluding diaryl/α,β-unsaturated/α-hetero) is 1. The predicted molar refractivity (Wildman–Crippen MR) is 74.8 cm³/mol. The summed E-state index contributed by atoms with van der Waals surface area (Å²) >= 11 is 1.24. The van der Waals surface area contributed by atoms with Gasteiger partial charge in [0.2, 0.25) is 0 Å². The van der Waals surface area contributed by atoms with E-state index in [1.807, 2.05) is 31.5 Å². The molecule has 100 valence electrons. The van der Waals surface area contributed by atoms with Crippen molar-refractivity contribution in [3.05, 3.63) is 45.6 Å². The highest BCUT2D eigenvalue weighted by Crippen LogP contribution is 2.18. The largest absolute Gasteiger partial charge is 0.351 e. The summed E-state index contributed by atoms with van der Waals surface area (Å²) in [5.41, 5.74) is 2.53. The number of ketones is 1. The van der Waals surface area contributed by atoms with Crippen molar-refractivity contribution >= 4 is 17.5 Å². The topological polar surface area (TPSA) is 67.8 Å². The SMILES string of the molecule is Cc1cc(C(=O)CSc2nccc(=O)[nH]2)c(C)n1C. The van der Waals surface area contributed by atoms with Crippen LogP contribution in [0.25, 0.3) is 0 Å². The first-order valence-corrected chi connectivity index (χ1v) is 6.82. The molecule has 0 aromatic carbocycles. The van der Waals surface area contributed by atoms with Crippen LogP contribution in [0.1, 0.15) is 21.7 Å². The first kappa shape index (κ1) is 13.6. The first-order chi connectivity index (χ1) is 8.99. The van der Waals surface area contributed by atoms with Crippen LogP contribution in [0.2, 0.25) is 0 Å². The fourth-order valence-electron chi connectivity index (χ4n) is 1.77. The Bertz CT molecular complexity index is 673. The quantitative estimate of drug-likeness (QED) is 0.525. The summed E-state index contributed by atoms with van der Waals surface area (Å²) in [6.45, 7) is 3.89. The number of carbonyl (C=O) groups is 1. The van der Waals surface area contributed by atoms with Crippen LogP contribution in [0, 0.1) is 13.8 Å². The van der Waals surface area contributed by atoms with Gasteiger partial charge in [-0.3, -0.25) is 9.59 Å². The Morgan fingerprint density at radius 1 is 1.47 bits per heavy atom. The zero-order valence-electron chi connectivity index (χ0n) is 11.1. The Hall–Kier alpha value is -1.82. The molecule has 5 nitrogen and oxygen atoms in total. The highest BCUT2D eigenvalue weighted by Gasteiger charge is 2.14. The van der Waals surface area contributed by atoms with Gasteiger partial charge in [0.25, 0.3) is 5.56 Å². The van der Waals surface area contributed by atoms with Gasteiger partial charge in [0.05, 0.1) is 5.75 Å². The number of aromatic amines is 1. The minimum absolute atomic E-state index is 0.0395. The van der Waals surface area contributed by atoms with Crippen LogP contribution in [0.4, 0.5) is 0 Å². The fourth-order valence-corrected chi connectivity index (χ4v) is 2.51. The van der Waals surface area contributed by atoms with Crippen molar-refractivity contribution in [1.29, 1.82) is 0 Å². The van der Waals surface area contributed by atoms with Crippen molar-refractivity contribution < 1.29 is 4.79 Å². The molecule has 0 amide bonds. The molecule has 0 aliphatic carbocycles. The minimum Gasteiger partial charge on any atom is -0.351 e. The van der Waals surface area contributed by atoms with E-state index in [1.54, 1.807) is 0 Å². The number of aromatic nitrogens is 3. The number of thioether (sulfide) groups is 1. The monoisotopic (exact) mass is 277 g/mol. The fraction of sp³-hybridized carbons (Fsp3) is 0.308. The van der Waals surface area contributed by atoms with Gasteiger partial charge < -0.3 is 9.55 Å². The van der Waals surface area contributed by atoms with Crippen LogP contribution in [0.3, 0.4) is 0 Å². The third kappa shape index (κ3) is 2.96. The van der Waals surface area contributed by atoms with Gasteiger partial charge in [-0.05, 0) is 19.9 Å². The maximum absolute atomic E-state index is 12.1. The van der Waals surface area contributed by atoms with E-state index >= 15 is 0 Å². The van der Waals surface area contributed by atoms with Crippen molar-refractivity contribution in [3.63, 3.8) is 0 Å². The van der Waals surface area contributed by atoms with Gasteiger partial charge in [-0.2, -0.15) is 0 Å². The molecule has 0 radical (unpaired) electrons. The number of nitrogens with one attached hydrogen (secondary N) is 1. The molecule has 1 N–H and O–H groups in total. The Morgan fingerprint density at radius 2 is 2.21 bits per heavy atom. The average molecular weight is 277 g/mol. The lowest BCUT2D eigenvalue weighted by Gasteiger charge is -2.02. The van der Waals surface area contributed by atoms with Gasteiger partial charge in [-0.15, -0.1) is 0 Å². The summed E-state index contributed by atoms with van der Waals surface area (Å²) in [4.78, 5) is 29.8. The van der Waals surface area contributed by atoms with Crippen molar-refractivity contribution in [2.24, 2.45) is 7.05 Å². The number of hydrogen-bond acceptors (Lipinski definition) is 4. The molecule has 0 spiro atoms. The lowest BCUT2D eigenvalue weighted by Crippen LogP contribution is -2.08. The van der Waals surface area contributed by atoms with E-state index in [4.69, 9.17) is 0 Å². The zero-order chi connectivity index (χ0) is 14.0. The second-order valence-electron chi connectivity index (χ2n) is 4.29. The van der Waals surface area contributed by atoms with Gasteiger partial charge in [0.15, 0.2) is 10.9 Å². The van der Waals surface area contributed by atoms with Crippen LogP contribution in [-0.2, 0) is 7.05 Å². The third-order valence-electron chi connectivity index (χ3n) is 3.06. The second kappa shape index (κ2) is 5.44. The van der Waals surface area contributed by atoms with Crippen LogP contribution < -0.4 is 5.56 Å². The van der Waals surface area contributed by atoms with Crippen LogP contribution in [0.5, 0.6) is 0 Å². The Labute approximate surface area is 115 Å². The molecule has 2 aromatic heterocycles. The molecule has 2 aromatic rings. The number of rotatable bonds is 4. The second-order valence-corrected chi connectivity index (χ2v) is 5.26. The molecule has 0 saturated heterocycles. The number of aryl methyl sites for hydroxylation is 1. The standard InChI is InChI=1S/C13H15N3O2S/c1-8-6-10(9(2)16(8)3)11(17)7-19-13-14-5-4-12(18)15-13/h4-6H,7H2,1-3H3,(H,14,15,18). The highest BCUT2D eigenvalue weighted by atomic mass is 32.2. The zero-order valence-corrected chi connectivity index (χ0v) is 11.9. The summed E-state index contributed by atoms with van der Waals surface area (Å²) in [5.74, 6) is 0.301. The Balaban J connectivity index is 2.09. The van der Waals surface area contributed by atoms with E-state index in [0.717, 1.165) is 17.0 Å². The summed E-state index contributed by atoms with van der Waals surface area (Å²) in [7, 11) is 1.94. The normalized spacial score (nSPS) is 10.7. The number of H-pyrrole nitrogens is 1. The highest BCUT2D eigenvalue weighted by molar-refractivity contribution is 7.99. The van der Waals surface area contributed by atoms with Crippen molar-refractivity contribution in [1.82, 2.24) is 14.5 Å². The molecule has 0 saturated carbocycles. The molecule has 0 atom stereocenters. The lowest BCUT2D eigenvalue weighted by molar-refractivity contribution is 0.102. The Morgan fingerprint density at radius 3 is 2.79 bits per heavy atom. The van der Waals surface area contributed by atoms with Crippen LogP contribution in [0.15, 0.2) is 28.3 Å². The summed E-state index contributed by atoms with van der Waals surface area (Å²) < 4.78 is 1.99. The van der Waals surface area contributed by atoms with Crippen molar-refractivity contribution in [3.8, 4) is 0 Å². The van der Waals surface area contributed by atoms with E-state index < -0.39 is 0 Å². The van der Waals surface area contributed by atoms with Gasteiger partial charge in [0, 0.05) is 36.3 Å². The Kier molecular flexibility index (Phi) is 3.90. The van der Waals surface area contributed by atoms with Crippen molar-refractivity contribution in [2.45, 2.75) is 19.0 Å². The summed E-state index contributed by atoms with van der Waals surface area (Å²) in [6.07, 6.45) is 1.43. The lowest BCUT2D eigenvalue weighted by atomic mass is 10.2. The molecule has 0 aliphatic rings. The molecule has 2 heterocycles. The van der Waals surface area contributed by atoms with Gasteiger partial charge in [-0.1, -0.05) is 11.8 Å². The van der Waals surface area contributed by atoms with Gasteiger partial charge in [0.1, 0.15) is 0 Å². The third-order valence-corrected chi connectivity index (χ3v) is 3.95. The summed E-state index contributed by atoms with van der Waals surface area (Å²) in [6, 6.07) is 3.23. The molecule has 0 unspecified atom stereocenters. The van der Waals surface area contributed by atoms with E-state index in [2.05, 4.69) is 9.97 Å². The molecule has 0 aliphatic heterocycles. The van der Waals surface area contributed by atoms with E-state index in [0.29, 0.717) is 5.16 Å². The first-order valence-electron chi connectivity index (χ1n) is 5.83. The maximum atomic E-state index is 12.1. The molecule has 19 heavy (non-hydrogen) atoms. The molecular weight excluding hydrogens is 262 g/mol. The maximum Gasteiger partial charge on any atom is 0.251 e. The summed E-state index contributed by atoms with van der Waals surface area (Å²) in [5, 5.41) is 0.464. The number of hydrogen-bond donors (Lipinski definition) is 1. The predicted octanol–water partition coefficient (Wildman–Crippen LogP) is 1.70. The number of nitrogens with zero attached hydrogens (tertiary/aromatic N) is 2. The van der Waals surface area contributed by atoms with E-state index in [-0.39, 0.29) is 17.1 Å². The van der Waals surface area contributed by atoms with E-state index in [1.165, 1.54) is 24.0 Å². The minimum atomic E-state index is -0.211. The molecule has 2 rings (SSSR count). The molecule has 0 fully saturated rings. The number of carbonyl (C=O) groups excluding carboxylic acids is 1. The van der Waals surface area contributed by atoms with Gasteiger partial charge in [-0.25, -0.2) is 4.98 Å².